The minimum absolute atomic E-state index is 0.0425. The van der Waals surface area contributed by atoms with Crippen molar-refractivity contribution in [1.29, 1.82) is 0 Å². The summed E-state index contributed by atoms with van der Waals surface area (Å²) in [7, 11) is 0. The summed E-state index contributed by atoms with van der Waals surface area (Å²) in [6, 6.07) is 9.09. The summed E-state index contributed by atoms with van der Waals surface area (Å²) in [4.78, 5) is 26.5. The number of aromatic nitrogens is 3. The normalized spacial score (nSPS) is 25.6. The van der Waals surface area contributed by atoms with Crippen molar-refractivity contribution in [3.63, 3.8) is 0 Å². The van der Waals surface area contributed by atoms with E-state index in [9.17, 15) is 4.79 Å². The van der Waals surface area contributed by atoms with Crippen LogP contribution in [0.3, 0.4) is 0 Å². The van der Waals surface area contributed by atoms with Crippen molar-refractivity contribution in [3.8, 4) is 11.4 Å². The lowest BCUT2D eigenvalue weighted by atomic mass is 9.67. The first-order chi connectivity index (χ1) is 20.9. The van der Waals surface area contributed by atoms with Gasteiger partial charge in [-0.3, -0.25) is 9.89 Å². The third kappa shape index (κ3) is 5.89. The van der Waals surface area contributed by atoms with Crippen molar-refractivity contribution in [2.75, 3.05) is 0 Å². The van der Waals surface area contributed by atoms with Gasteiger partial charge in [0.15, 0.2) is 5.82 Å². The molecule has 1 N–H and O–H groups in total. The van der Waals surface area contributed by atoms with E-state index in [1.165, 1.54) is 56.9 Å². The number of hydrogen-bond acceptors (Lipinski definition) is 2. The molecule has 0 radical (unpaired) electrons. The number of aromatic amines is 1. The molecule has 6 rings (SSSR count). The number of hydrogen-bond donors (Lipinski definition) is 1. The van der Waals surface area contributed by atoms with Crippen LogP contribution in [-0.2, 0) is 12.8 Å². The predicted molar refractivity (Wildman–Crippen MR) is 174 cm³/mol. The lowest BCUT2D eigenvalue weighted by Gasteiger charge is -2.41. The molecule has 0 saturated heterocycles. The van der Waals surface area contributed by atoms with Crippen molar-refractivity contribution in [2.45, 2.75) is 130 Å². The van der Waals surface area contributed by atoms with E-state index in [0.29, 0.717) is 29.1 Å². The molecule has 3 saturated carbocycles. The summed E-state index contributed by atoms with van der Waals surface area (Å²) in [6.07, 6.45) is 15.8. The third-order valence-electron chi connectivity index (χ3n) is 11.2. The van der Waals surface area contributed by atoms with Crippen molar-refractivity contribution in [2.24, 2.45) is 23.7 Å². The molecule has 2 atom stereocenters. The van der Waals surface area contributed by atoms with Crippen molar-refractivity contribution in [3.05, 3.63) is 52.5 Å². The van der Waals surface area contributed by atoms with Gasteiger partial charge in [-0.1, -0.05) is 90.5 Å². The van der Waals surface area contributed by atoms with Gasteiger partial charge in [-0.2, -0.15) is 0 Å². The van der Waals surface area contributed by atoms with Gasteiger partial charge in [0.1, 0.15) is 11.3 Å². The summed E-state index contributed by atoms with van der Waals surface area (Å²) in [5.41, 5.74) is 5.10. The summed E-state index contributed by atoms with van der Waals surface area (Å²) in [6.45, 7) is 17.7. The van der Waals surface area contributed by atoms with Crippen LogP contribution in [0, 0.1) is 30.2 Å². The molecule has 3 aromatic rings. The van der Waals surface area contributed by atoms with Crippen molar-refractivity contribution >= 4 is 17.2 Å². The zero-order valence-electron chi connectivity index (χ0n) is 26.9. The summed E-state index contributed by atoms with van der Waals surface area (Å²) in [5.74, 6) is 3.17. The van der Waals surface area contributed by atoms with E-state index in [2.05, 4.69) is 66.8 Å². The Morgan fingerprint density at radius 3 is 2.07 bits per heavy atom. The second-order valence-electron chi connectivity index (χ2n) is 14.3. The van der Waals surface area contributed by atoms with Crippen LogP contribution in [0.1, 0.15) is 126 Å². The van der Waals surface area contributed by atoms with E-state index in [4.69, 9.17) is 11.6 Å². The molecule has 0 spiro atoms. The monoisotopic (exact) mass is 581 g/mol. The Labute approximate surface area is 258 Å². The fraction of sp³-hybridized carbons (Fsp3) is 0.649. The Morgan fingerprint density at radius 1 is 0.953 bits per heavy atom. The zero-order chi connectivity index (χ0) is 30.1. The summed E-state index contributed by atoms with van der Waals surface area (Å²) >= 11 is 0. The van der Waals surface area contributed by atoms with Gasteiger partial charge in [0.25, 0.3) is 5.91 Å². The highest BCUT2D eigenvalue weighted by molar-refractivity contribution is 6.02. The van der Waals surface area contributed by atoms with E-state index in [0.717, 1.165) is 67.0 Å². The Bertz CT molecular complexity index is 1420. The molecule has 6 nitrogen and oxygen atoms in total. The molecular weight excluding hydrogens is 530 g/mol. The van der Waals surface area contributed by atoms with Crippen molar-refractivity contribution < 1.29 is 4.79 Å². The van der Waals surface area contributed by atoms with Gasteiger partial charge in [0, 0.05) is 23.2 Å². The number of fused-ring (bicyclic) bond motifs is 1. The minimum Gasteiger partial charge on any atom is -0.332 e. The van der Waals surface area contributed by atoms with Gasteiger partial charge >= 0.3 is 0 Å². The second-order valence-corrected chi connectivity index (χ2v) is 14.3. The van der Waals surface area contributed by atoms with Gasteiger partial charge in [-0.15, -0.1) is 0 Å². The van der Waals surface area contributed by atoms with Gasteiger partial charge < -0.3 is 4.90 Å². The number of nitrogens with zero attached hydrogens (tertiary/aromatic N) is 4. The maximum absolute atomic E-state index is 15.0. The first kappa shape index (κ1) is 30.0. The molecule has 0 aliphatic heterocycles. The fourth-order valence-corrected chi connectivity index (χ4v) is 8.98. The molecule has 3 aliphatic rings. The molecule has 230 valence electrons. The van der Waals surface area contributed by atoms with Crippen molar-refractivity contribution in [1.82, 2.24) is 19.5 Å². The van der Waals surface area contributed by atoms with E-state index < -0.39 is 0 Å². The van der Waals surface area contributed by atoms with Gasteiger partial charge in [0.05, 0.1) is 6.57 Å². The molecule has 0 bridgehead atoms. The maximum Gasteiger partial charge on any atom is 0.262 e. The number of nitrogens with one attached hydrogen (secondary N) is 1. The van der Waals surface area contributed by atoms with Crippen LogP contribution in [0.5, 0.6) is 0 Å². The second kappa shape index (κ2) is 12.9. The number of carbonyl (C=O) groups is 1. The van der Waals surface area contributed by atoms with E-state index >= 15 is 0 Å². The van der Waals surface area contributed by atoms with Gasteiger partial charge in [0.2, 0.25) is 5.69 Å². The topological polar surface area (TPSA) is 57.8 Å². The van der Waals surface area contributed by atoms with Crippen LogP contribution in [0.4, 0.5) is 5.69 Å². The van der Waals surface area contributed by atoms with Gasteiger partial charge in [-0.05, 0) is 80.6 Å². The molecule has 2 heterocycles. The number of amides is 1. The highest BCUT2D eigenvalue weighted by Crippen LogP contribution is 2.44. The van der Waals surface area contributed by atoms with Gasteiger partial charge in [-0.25, -0.2) is 14.3 Å². The fourth-order valence-electron chi connectivity index (χ4n) is 8.98. The molecule has 6 heteroatoms. The van der Waals surface area contributed by atoms with Crippen LogP contribution >= 0.6 is 0 Å². The molecule has 3 fully saturated rings. The molecule has 2 unspecified atom stereocenters. The lowest BCUT2D eigenvalue weighted by molar-refractivity contribution is 0.0441. The zero-order valence-corrected chi connectivity index (χ0v) is 26.9. The molecule has 1 aromatic carbocycles. The number of H-pyrrole nitrogens is 1. The van der Waals surface area contributed by atoms with E-state index in [-0.39, 0.29) is 18.0 Å². The number of carbonyl (C=O) groups excluding carboxylic acids is 1. The average molecular weight is 582 g/mol. The van der Waals surface area contributed by atoms with Crippen LogP contribution in [-0.4, -0.2) is 37.5 Å². The molecular formula is C37H51N5O. The first-order valence-electron chi connectivity index (χ1n) is 17.3. The lowest BCUT2D eigenvalue weighted by Crippen LogP contribution is -2.49. The quantitative estimate of drug-likeness (QED) is 0.283. The molecule has 1 amide bonds. The van der Waals surface area contributed by atoms with Crippen LogP contribution in [0.2, 0.25) is 0 Å². The maximum atomic E-state index is 15.0. The third-order valence-corrected chi connectivity index (χ3v) is 11.2. The largest absolute Gasteiger partial charge is 0.332 e. The number of aryl methyl sites for hydroxylation is 1. The summed E-state index contributed by atoms with van der Waals surface area (Å²) < 4.78 is 1.91. The Balaban J connectivity index is 1.48. The number of benzene rings is 1. The SMILES string of the molecule is [C-]#[N+]c1c(CC2C(C)CC(C)CC2C)c2nc(-c3ccc(CC)cc3)[nH]n2c1C(=O)N(C1CCCCC1)C1CCCCC1. The van der Waals surface area contributed by atoms with E-state index in [1.807, 2.05) is 4.52 Å². The van der Waals surface area contributed by atoms with E-state index in [1.54, 1.807) is 0 Å². The highest BCUT2D eigenvalue weighted by Gasteiger charge is 2.39. The minimum atomic E-state index is 0.0425. The average Bonchev–Trinajstić information content (AvgIpc) is 3.57. The Hall–Kier alpha value is -3.07. The molecule has 2 aromatic heterocycles. The standard InChI is InChI=1S/C37H51N5O/c1-6-27-17-19-28(20-18-27)35-39-36-32(23-31-25(3)21-24(2)22-26(31)4)33(38-5)34(42(36)40-35)37(43)41(29-13-9-7-10-14-29)30-15-11-8-12-16-30/h17-20,24-26,29-31H,6-16,21-23H2,1-4H3,(H,39,40). The predicted octanol–water partition coefficient (Wildman–Crippen LogP) is 9.41. The first-order valence-corrected chi connectivity index (χ1v) is 17.3. The molecule has 3 aliphatic carbocycles. The highest BCUT2D eigenvalue weighted by atomic mass is 16.2. The molecule has 43 heavy (non-hydrogen) atoms. The van der Waals surface area contributed by atoms with Crippen LogP contribution < -0.4 is 0 Å². The summed E-state index contributed by atoms with van der Waals surface area (Å²) in [5, 5.41) is 3.54. The van der Waals surface area contributed by atoms with Crippen LogP contribution in [0.25, 0.3) is 21.9 Å². The smallest absolute Gasteiger partial charge is 0.262 e. The Morgan fingerprint density at radius 2 is 1.53 bits per heavy atom. The number of rotatable bonds is 7. The van der Waals surface area contributed by atoms with Crippen LogP contribution in [0.15, 0.2) is 24.3 Å². The Kier molecular flexibility index (Phi) is 8.98.